The highest BCUT2D eigenvalue weighted by Crippen LogP contribution is 2.17. The van der Waals surface area contributed by atoms with E-state index >= 15 is 0 Å². The molecule has 0 saturated carbocycles. The molecule has 1 aliphatic heterocycles. The van der Waals surface area contributed by atoms with Crippen molar-refractivity contribution in [2.75, 3.05) is 32.7 Å². The summed E-state index contributed by atoms with van der Waals surface area (Å²) in [6, 6.07) is 15.8. The molecule has 3 rings (SSSR count). The number of halogens is 1. The van der Waals surface area contributed by atoms with Gasteiger partial charge in [-0.15, -0.1) is 0 Å². The highest BCUT2D eigenvalue weighted by molar-refractivity contribution is 7.89. The van der Waals surface area contributed by atoms with Crippen LogP contribution in [-0.4, -0.2) is 51.4 Å². The number of carbonyl (C=O) groups excluding carboxylic acids is 1. The van der Waals surface area contributed by atoms with E-state index in [9.17, 15) is 13.2 Å². The quantitative estimate of drug-likeness (QED) is 0.732. The van der Waals surface area contributed by atoms with Crippen molar-refractivity contribution in [3.05, 3.63) is 65.2 Å². The minimum Gasteiger partial charge on any atom is -0.345 e. The fourth-order valence-electron chi connectivity index (χ4n) is 3.34. The number of amides is 1. The summed E-state index contributed by atoms with van der Waals surface area (Å²) in [5.41, 5.74) is 0.953. The second-order valence-electron chi connectivity index (χ2n) is 6.99. The molecular formula is C20H25ClN3O3S+. The van der Waals surface area contributed by atoms with Gasteiger partial charge in [-0.1, -0.05) is 41.9 Å². The van der Waals surface area contributed by atoms with E-state index in [1.165, 1.54) is 4.31 Å². The van der Waals surface area contributed by atoms with Gasteiger partial charge in [-0.3, -0.25) is 4.79 Å². The first-order chi connectivity index (χ1) is 13.4. The predicted octanol–water partition coefficient (Wildman–Crippen LogP) is 1.11. The summed E-state index contributed by atoms with van der Waals surface area (Å²) in [6.45, 7) is 4.26. The first-order valence-electron chi connectivity index (χ1n) is 9.30. The van der Waals surface area contributed by atoms with Crippen molar-refractivity contribution in [1.82, 2.24) is 9.62 Å². The van der Waals surface area contributed by atoms with Crippen LogP contribution < -0.4 is 10.2 Å². The third-order valence-corrected chi connectivity index (χ3v) is 7.10. The van der Waals surface area contributed by atoms with Crippen molar-refractivity contribution in [2.45, 2.75) is 17.9 Å². The first kappa shape index (κ1) is 20.8. The molecule has 6 nitrogen and oxygen atoms in total. The average Bonchev–Trinajstić information content (AvgIpc) is 2.69. The zero-order valence-corrected chi connectivity index (χ0v) is 17.3. The number of nitrogens with zero attached hydrogens (tertiary/aromatic N) is 1. The Kier molecular flexibility index (Phi) is 6.72. The van der Waals surface area contributed by atoms with Gasteiger partial charge < -0.3 is 10.2 Å². The smallest absolute Gasteiger partial charge is 0.275 e. The second-order valence-corrected chi connectivity index (χ2v) is 9.36. The van der Waals surface area contributed by atoms with Gasteiger partial charge in [-0.25, -0.2) is 8.42 Å². The van der Waals surface area contributed by atoms with E-state index in [1.54, 1.807) is 36.4 Å². The summed E-state index contributed by atoms with van der Waals surface area (Å²) in [4.78, 5) is 13.8. The van der Waals surface area contributed by atoms with E-state index in [1.807, 2.05) is 25.1 Å². The summed E-state index contributed by atoms with van der Waals surface area (Å²) < 4.78 is 26.8. The van der Waals surface area contributed by atoms with Crippen molar-refractivity contribution in [1.29, 1.82) is 0 Å². The number of carbonyl (C=O) groups is 1. The standard InChI is InChI=1S/C20H24ClN3O3S/c1-16(17-6-5-7-18(21)14-17)22-20(25)15-23-10-12-24(13-11-23)28(26,27)19-8-3-2-4-9-19/h2-9,14,16H,10-13,15H2,1H3,(H,22,25)/p+1/t16-/m1/s1. The SMILES string of the molecule is C[C@@H](NC(=O)C[NH+]1CCN(S(=O)(=O)c2ccccc2)CC1)c1cccc(Cl)c1. The molecule has 0 radical (unpaired) electrons. The third kappa shape index (κ3) is 5.11. The van der Waals surface area contributed by atoms with E-state index in [0.29, 0.717) is 42.6 Å². The molecule has 150 valence electrons. The van der Waals surface area contributed by atoms with Gasteiger partial charge in [0.1, 0.15) is 0 Å². The van der Waals surface area contributed by atoms with E-state index in [0.717, 1.165) is 10.5 Å². The van der Waals surface area contributed by atoms with Crippen LogP contribution in [-0.2, 0) is 14.8 Å². The molecule has 1 amide bonds. The molecule has 0 bridgehead atoms. The molecular weight excluding hydrogens is 398 g/mol. The first-order valence-corrected chi connectivity index (χ1v) is 11.1. The Balaban J connectivity index is 1.51. The minimum atomic E-state index is -3.47. The van der Waals surface area contributed by atoms with Crippen LogP contribution >= 0.6 is 11.6 Å². The number of benzene rings is 2. The summed E-state index contributed by atoms with van der Waals surface area (Å²) >= 11 is 6.01. The van der Waals surface area contributed by atoms with E-state index in [2.05, 4.69) is 5.32 Å². The van der Waals surface area contributed by atoms with Gasteiger partial charge in [0.25, 0.3) is 5.91 Å². The summed E-state index contributed by atoms with van der Waals surface area (Å²) in [7, 11) is -3.47. The molecule has 8 heteroatoms. The molecule has 2 N–H and O–H groups in total. The van der Waals surface area contributed by atoms with Crippen LogP contribution in [0.1, 0.15) is 18.5 Å². The lowest BCUT2D eigenvalue weighted by Crippen LogP contribution is -3.15. The zero-order chi connectivity index (χ0) is 20.1. The number of piperazine rings is 1. The zero-order valence-electron chi connectivity index (χ0n) is 15.8. The van der Waals surface area contributed by atoms with Gasteiger partial charge in [0.05, 0.1) is 37.1 Å². The topological polar surface area (TPSA) is 70.9 Å². The highest BCUT2D eigenvalue weighted by Gasteiger charge is 2.31. The molecule has 2 aromatic carbocycles. The molecule has 1 heterocycles. The van der Waals surface area contributed by atoms with Gasteiger partial charge >= 0.3 is 0 Å². The Morgan fingerprint density at radius 2 is 1.82 bits per heavy atom. The van der Waals surface area contributed by atoms with Crippen LogP contribution in [0.15, 0.2) is 59.5 Å². The normalized spacial score (nSPS) is 17.2. The van der Waals surface area contributed by atoms with Gasteiger partial charge in [0, 0.05) is 5.02 Å². The summed E-state index contributed by atoms with van der Waals surface area (Å²) in [5, 5.41) is 3.63. The molecule has 0 spiro atoms. The number of quaternary nitrogens is 1. The van der Waals surface area contributed by atoms with Crippen molar-refractivity contribution < 1.29 is 18.1 Å². The lowest BCUT2D eigenvalue weighted by atomic mass is 10.1. The Morgan fingerprint density at radius 1 is 1.14 bits per heavy atom. The van der Waals surface area contributed by atoms with Crippen LogP contribution in [0.25, 0.3) is 0 Å². The minimum absolute atomic E-state index is 0.0538. The molecule has 1 atom stereocenters. The molecule has 0 unspecified atom stereocenters. The van der Waals surface area contributed by atoms with E-state index in [-0.39, 0.29) is 11.9 Å². The van der Waals surface area contributed by atoms with Gasteiger partial charge in [0.15, 0.2) is 6.54 Å². The molecule has 2 aromatic rings. The number of hydrogen-bond acceptors (Lipinski definition) is 3. The summed E-state index contributed by atoms with van der Waals surface area (Å²) in [5.74, 6) is -0.0538. The van der Waals surface area contributed by atoms with Crippen LogP contribution in [0.4, 0.5) is 0 Å². The van der Waals surface area contributed by atoms with E-state index < -0.39 is 10.0 Å². The maximum atomic E-state index is 12.7. The third-order valence-electron chi connectivity index (χ3n) is 4.95. The Bertz CT molecular complexity index is 913. The molecule has 1 aliphatic rings. The average molecular weight is 423 g/mol. The van der Waals surface area contributed by atoms with E-state index in [4.69, 9.17) is 11.6 Å². The molecule has 0 aromatic heterocycles. The fourth-order valence-corrected chi connectivity index (χ4v) is 5.00. The monoisotopic (exact) mass is 422 g/mol. The van der Waals surface area contributed by atoms with Gasteiger partial charge in [0.2, 0.25) is 10.0 Å². The Morgan fingerprint density at radius 3 is 2.46 bits per heavy atom. The van der Waals surface area contributed by atoms with Crippen molar-refractivity contribution >= 4 is 27.5 Å². The van der Waals surface area contributed by atoms with Crippen LogP contribution in [0.2, 0.25) is 5.02 Å². The number of nitrogens with one attached hydrogen (secondary N) is 2. The van der Waals surface area contributed by atoms with Gasteiger partial charge in [-0.2, -0.15) is 4.31 Å². The Labute approximate surface area is 171 Å². The maximum absolute atomic E-state index is 12.7. The van der Waals surface area contributed by atoms with Gasteiger partial charge in [-0.05, 0) is 36.8 Å². The molecule has 0 aliphatic carbocycles. The van der Waals surface area contributed by atoms with Crippen molar-refractivity contribution in [3.8, 4) is 0 Å². The lowest BCUT2D eigenvalue weighted by molar-refractivity contribution is -0.895. The Hall–Kier alpha value is -1.93. The van der Waals surface area contributed by atoms with Crippen LogP contribution in [0, 0.1) is 0 Å². The lowest BCUT2D eigenvalue weighted by Gasteiger charge is -2.31. The molecule has 1 fully saturated rings. The second kappa shape index (κ2) is 9.05. The number of rotatable bonds is 6. The van der Waals surface area contributed by atoms with Crippen LogP contribution in [0.5, 0.6) is 0 Å². The van der Waals surface area contributed by atoms with Crippen molar-refractivity contribution in [2.24, 2.45) is 0 Å². The number of hydrogen-bond donors (Lipinski definition) is 2. The number of sulfonamides is 1. The highest BCUT2D eigenvalue weighted by atomic mass is 35.5. The van der Waals surface area contributed by atoms with Crippen molar-refractivity contribution in [3.63, 3.8) is 0 Å². The summed E-state index contributed by atoms with van der Waals surface area (Å²) in [6.07, 6.45) is 0. The molecule has 1 saturated heterocycles. The molecule has 28 heavy (non-hydrogen) atoms. The van der Waals surface area contributed by atoms with Crippen LogP contribution in [0.3, 0.4) is 0 Å². The largest absolute Gasteiger partial charge is 0.345 e. The predicted molar refractivity (Wildman–Crippen MR) is 109 cm³/mol. The maximum Gasteiger partial charge on any atom is 0.275 e. The fraction of sp³-hybridized carbons (Fsp3) is 0.350.